The molecule has 6 nitrogen and oxygen atoms in total. The maximum atomic E-state index is 11.9. The minimum atomic E-state index is -0.439. The molecule has 0 saturated carbocycles. The summed E-state index contributed by atoms with van der Waals surface area (Å²) in [6, 6.07) is 0. The summed E-state index contributed by atoms with van der Waals surface area (Å²) in [5.41, 5.74) is 0.327. The number of ether oxygens (including phenoxy) is 1. The predicted molar refractivity (Wildman–Crippen MR) is 56.8 cm³/mol. The average Bonchev–Trinajstić information content (AvgIpc) is 2.71. The van der Waals surface area contributed by atoms with Gasteiger partial charge in [-0.2, -0.15) is 0 Å². The van der Waals surface area contributed by atoms with Crippen molar-refractivity contribution in [1.29, 1.82) is 0 Å². The van der Waals surface area contributed by atoms with Crippen molar-refractivity contribution in [3.05, 3.63) is 18.2 Å². The smallest absolute Gasteiger partial charge is 0.325 e. The van der Waals surface area contributed by atoms with E-state index >= 15 is 0 Å². The quantitative estimate of drug-likeness (QED) is 0.679. The SMILES string of the molecule is CCN(CC(=O)OC)C(=O)c1cn(C)cn1. The van der Waals surface area contributed by atoms with E-state index in [4.69, 9.17) is 0 Å². The number of nitrogens with zero attached hydrogens (tertiary/aromatic N) is 3. The molecule has 1 rings (SSSR count). The lowest BCUT2D eigenvalue weighted by Gasteiger charge is -2.17. The van der Waals surface area contributed by atoms with E-state index < -0.39 is 5.97 Å². The lowest BCUT2D eigenvalue weighted by atomic mass is 10.3. The van der Waals surface area contributed by atoms with Crippen molar-refractivity contribution in [2.45, 2.75) is 6.92 Å². The van der Waals surface area contributed by atoms with Gasteiger partial charge in [-0.3, -0.25) is 9.59 Å². The zero-order chi connectivity index (χ0) is 12.1. The monoisotopic (exact) mass is 225 g/mol. The third-order valence-electron chi connectivity index (χ3n) is 2.14. The molecule has 1 amide bonds. The highest BCUT2D eigenvalue weighted by molar-refractivity contribution is 5.94. The first kappa shape index (κ1) is 12.2. The van der Waals surface area contributed by atoms with E-state index in [9.17, 15) is 9.59 Å². The number of methoxy groups -OCH3 is 1. The molecule has 0 bridgehead atoms. The van der Waals surface area contributed by atoms with Crippen LogP contribution in [0, 0.1) is 0 Å². The van der Waals surface area contributed by atoms with Gasteiger partial charge in [-0.05, 0) is 6.92 Å². The van der Waals surface area contributed by atoms with E-state index in [1.807, 2.05) is 0 Å². The van der Waals surface area contributed by atoms with Crippen molar-refractivity contribution in [3.63, 3.8) is 0 Å². The molecule has 0 saturated heterocycles. The Bertz CT molecular complexity index is 386. The van der Waals surface area contributed by atoms with Crippen LogP contribution in [0.2, 0.25) is 0 Å². The summed E-state index contributed by atoms with van der Waals surface area (Å²) in [7, 11) is 3.07. The molecule has 0 aliphatic rings. The Morgan fingerprint density at radius 1 is 1.56 bits per heavy atom. The van der Waals surface area contributed by atoms with Gasteiger partial charge in [0.2, 0.25) is 0 Å². The summed E-state index contributed by atoms with van der Waals surface area (Å²) in [5.74, 6) is -0.709. The number of esters is 1. The van der Waals surface area contributed by atoms with Crippen LogP contribution < -0.4 is 0 Å². The van der Waals surface area contributed by atoms with Gasteiger partial charge in [0.15, 0.2) is 0 Å². The molecule has 88 valence electrons. The Morgan fingerprint density at radius 2 is 2.25 bits per heavy atom. The highest BCUT2D eigenvalue weighted by Gasteiger charge is 2.19. The summed E-state index contributed by atoms with van der Waals surface area (Å²) < 4.78 is 6.20. The second kappa shape index (κ2) is 5.29. The number of carbonyl (C=O) groups is 2. The van der Waals surface area contributed by atoms with Gasteiger partial charge in [0.25, 0.3) is 5.91 Å². The average molecular weight is 225 g/mol. The minimum Gasteiger partial charge on any atom is -0.468 e. The number of likely N-dealkylation sites (N-methyl/N-ethyl adjacent to an activating group) is 1. The molecule has 0 atom stereocenters. The van der Waals surface area contributed by atoms with E-state index in [-0.39, 0.29) is 12.5 Å². The number of rotatable bonds is 4. The molecule has 16 heavy (non-hydrogen) atoms. The van der Waals surface area contributed by atoms with Gasteiger partial charge >= 0.3 is 5.97 Å². The Hall–Kier alpha value is -1.85. The molecule has 0 fully saturated rings. The molecule has 1 heterocycles. The number of aromatic nitrogens is 2. The topological polar surface area (TPSA) is 64.4 Å². The van der Waals surface area contributed by atoms with E-state index in [2.05, 4.69) is 9.72 Å². The number of imidazole rings is 1. The molecule has 0 aliphatic heterocycles. The molecule has 0 aromatic carbocycles. The number of aryl methyl sites for hydroxylation is 1. The summed E-state index contributed by atoms with van der Waals surface area (Å²) in [6.45, 7) is 2.18. The van der Waals surface area contributed by atoms with Crippen molar-refractivity contribution in [2.75, 3.05) is 20.2 Å². The van der Waals surface area contributed by atoms with Crippen LogP contribution in [-0.2, 0) is 16.6 Å². The van der Waals surface area contributed by atoms with Gasteiger partial charge in [-0.15, -0.1) is 0 Å². The predicted octanol–water partition coefficient (Wildman–Crippen LogP) is 0.0552. The molecular weight excluding hydrogens is 210 g/mol. The van der Waals surface area contributed by atoms with Crippen molar-refractivity contribution in [2.24, 2.45) is 7.05 Å². The molecule has 0 spiro atoms. The van der Waals surface area contributed by atoms with E-state index in [0.29, 0.717) is 12.2 Å². The Kier molecular flexibility index (Phi) is 4.04. The largest absolute Gasteiger partial charge is 0.468 e. The van der Waals surface area contributed by atoms with Crippen LogP contribution in [0.4, 0.5) is 0 Å². The molecule has 0 aliphatic carbocycles. The van der Waals surface area contributed by atoms with E-state index in [1.165, 1.54) is 12.0 Å². The maximum absolute atomic E-state index is 11.9. The summed E-state index contributed by atoms with van der Waals surface area (Å²) in [5, 5.41) is 0. The molecular formula is C10H15N3O3. The number of hydrogen-bond acceptors (Lipinski definition) is 4. The summed E-state index contributed by atoms with van der Waals surface area (Å²) in [6.07, 6.45) is 3.15. The zero-order valence-electron chi connectivity index (χ0n) is 9.64. The van der Waals surface area contributed by atoms with Crippen molar-refractivity contribution < 1.29 is 14.3 Å². The molecule has 1 aromatic rings. The van der Waals surface area contributed by atoms with Gasteiger partial charge in [-0.1, -0.05) is 0 Å². The molecule has 0 unspecified atom stereocenters. The fourth-order valence-corrected chi connectivity index (χ4v) is 1.23. The van der Waals surface area contributed by atoms with Crippen LogP contribution in [0.25, 0.3) is 0 Å². The Balaban J connectivity index is 2.73. The second-order valence-electron chi connectivity index (χ2n) is 3.32. The van der Waals surface area contributed by atoms with Crippen LogP contribution in [0.15, 0.2) is 12.5 Å². The molecule has 0 radical (unpaired) electrons. The third kappa shape index (κ3) is 2.82. The van der Waals surface area contributed by atoms with Crippen molar-refractivity contribution in [3.8, 4) is 0 Å². The van der Waals surface area contributed by atoms with Gasteiger partial charge in [0, 0.05) is 19.8 Å². The van der Waals surface area contributed by atoms with E-state index in [0.717, 1.165) is 0 Å². The Labute approximate surface area is 93.8 Å². The first-order chi connectivity index (χ1) is 7.58. The van der Waals surface area contributed by atoms with Crippen LogP contribution in [0.3, 0.4) is 0 Å². The van der Waals surface area contributed by atoms with Crippen molar-refractivity contribution >= 4 is 11.9 Å². The second-order valence-corrected chi connectivity index (χ2v) is 3.32. The fourth-order valence-electron chi connectivity index (χ4n) is 1.23. The van der Waals surface area contributed by atoms with Gasteiger partial charge in [0.05, 0.1) is 13.4 Å². The van der Waals surface area contributed by atoms with Crippen LogP contribution in [0.1, 0.15) is 17.4 Å². The lowest BCUT2D eigenvalue weighted by Crippen LogP contribution is -2.36. The molecule has 1 aromatic heterocycles. The van der Waals surface area contributed by atoms with Crippen LogP contribution in [-0.4, -0.2) is 46.5 Å². The highest BCUT2D eigenvalue weighted by Crippen LogP contribution is 2.01. The molecule has 6 heteroatoms. The van der Waals surface area contributed by atoms with E-state index in [1.54, 1.807) is 31.1 Å². The first-order valence-corrected chi connectivity index (χ1v) is 4.92. The maximum Gasteiger partial charge on any atom is 0.325 e. The third-order valence-corrected chi connectivity index (χ3v) is 2.14. The lowest BCUT2D eigenvalue weighted by molar-refractivity contribution is -0.141. The van der Waals surface area contributed by atoms with Gasteiger partial charge in [-0.25, -0.2) is 4.98 Å². The number of amides is 1. The number of hydrogen-bond donors (Lipinski definition) is 0. The summed E-state index contributed by atoms with van der Waals surface area (Å²) >= 11 is 0. The van der Waals surface area contributed by atoms with Gasteiger partial charge in [0.1, 0.15) is 12.2 Å². The molecule has 0 N–H and O–H groups in total. The van der Waals surface area contributed by atoms with Crippen molar-refractivity contribution in [1.82, 2.24) is 14.5 Å². The normalized spacial score (nSPS) is 9.94. The summed E-state index contributed by atoms with van der Waals surface area (Å²) in [4.78, 5) is 28.3. The van der Waals surface area contributed by atoms with Crippen LogP contribution in [0.5, 0.6) is 0 Å². The minimum absolute atomic E-state index is 0.0532. The van der Waals surface area contributed by atoms with Crippen LogP contribution >= 0.6 is 0 Å². The first-order valence-electron chi connectivity index (χ1n) is 4.92. The van der Waals surface area contributed by atoms with Gasteiger partial charge < -0.3 is 14.2 Å². The number of carbonyl (C=O) groups excluding carboxylic acids is 2. The highest BCUT2D eigenvalue weighted by atomic mass is 16.5. The standard InChI is InChI=1S/C10H15N3O3/c1-4-13(6-9(14)16-3)10(15)8-5-12(2)7-11-8/h5,7H,4,6H2,1-3H3. The Morgan fingerprint density at radius 3 is 2.69 bits per heavy atom. The zero-order valence-corrected chi connectivity index (χ0v) is 9.64. The fraction of sp³-hybridized carbons (Fsp3) is 0.500.